The molecule has 1 aliphatic heterocycles. The minimum atomic E-state index is -0.164. The Hall–Kier alpha value is -3.04. The summed E-state index contributed by atoms with van der Waals surface area (Å²) in [4.78, 5) is 40.5. The van der Waals surface area contributed by atoms with E-state index in [1.54, 1.807) is 28.9 Å². The number of fused-ring (bicyclic) bond motifs is 2. The van der Waals surface area contributed by atoms with E-state index in [0.29, 0.717) is 23.9 Å². The molecule has 1 N–H and O–H groups in total. The number of carbonyl (C=O) groups is 2. The zero-order chi connectivity index (χ0) is 23.6. The van der Waals surface area contributed by atoms with E-state index in [1.807, 2.05) is 41.5 Å². The van der Waals surface area contributed by atoms with Gasteiger partial charge in [0.05, 0.1) is 22.1 Å². The molecule has 6 rings (SSSR count). The van der Waals surface area contributed by atoms with Gasteiger partial charge in [-0.05, 0) is 45.1 Å². The largest absolute Gasteiger partial charge is 0.349 e. The molecule has 174 valence electrons. The van der Waals surface area contributed by atoms with Gasteiger partial charge in [-0.1, -0.05) is 29.8 Å². The lowest BCUT2D eigenvalue weighted by Gasteiger charge is -2.27. The number of likely N-dealkylation sites (tertiary alicyclic amines) is 1. The summed E-state index contributed by atoms with van der Waals surface area (Å²) in [5.41, 5.74) is 3.24. The molecule has 2 fully saturated rings. The van der Waals surface area contributed by atoms with Crippen LogP contribution in [0.5, 0.6) is 0 Å². The van der Waals surface area contributed by atoms with Gasteiger partial charge in [-0.3, -0.25) is 14.0 Å². The number of hydrogen-bond acceptors (Lipinski definition) is 6. The summed E-state index contributed by atoms with van der Waals surface area (Å²) in [6, 6.07) is 8.43. The van der Waals surface area contributed by atoms with Crippen LogP contribution in [-0.4, -0.2) is 49.7 Å². The molecule has 7 nitrogen and oxygen atoms in total. The lowest BCUT2D eigenvalue weighted by molar-refractivity contribution is 0.0684. The lowest BCUT2D eigenvalue weighted by atomic mass is 10.1. The quantitative estimate of drug-likeness (QED) is 0.447. The Morgan fingerprint density at radius 1 is 1.18 bits per heavy atom. The number of aromatic nitrogens is 3. The summed E-state index contributed by atoms with van der Waals surface area (Å²) >= 11 is 3.12. The number of nitrogens with zero attached hydrogens (tertiary/aromatic N) is 4. The highest BCUT2D eigenvalue weighted by Crippen LogP contribution is 2.48. The molecule has 1 saturated heterocycles. The average Bonchev–Trinajstić information content (AvgIpc) is 3.15. The van der Waals surface area contributed by atoms with Crippen molar-refractivity contribution in [1.82, 2.24) is 24.6 Å². The third-order valence-electron chi connectivity index (χ3n) is 6.72. The predicted molar refractivity (Wildman–Crippen MR) is 134 cm³/mol. The Balaban J connectivity index is 1.23. The second-order valence-electron chi connectivity index (χ2n) is 9.29. The molecule has 3 atom stereocenters. The second-order valence-corrected chi connectivity index (χ2v) is 11.7. The molecule has 0 radical (unpaired) electrons. The Morgan fingerprint density at radius 3 is 2.85 bits per heavy atom. The second kappa shape index (κ2) is 8.02. The fraction of sp³-hybridized carbons (Fsp3) is 0.360. The van der Waals surface area contributed by atoms with Crippen molar-refractivity contribution in [2.45, 2.75) is 45.7 Å². The van der Waals surface area contributed by atoms with E-state index in [2.05, 4.69) is 34.3 Å². The summed E-state index contributed by atoms with van der Waals surface area (Å²) in [7, 11) is 0. The van der Waals surface area contributed by atoms with Crippen molar-refractivity contribution in [2.75, 3.05) is 6.54 Å². The van der Waals surface area contributed by atoms with E-state index in [-0.39, 0.29) is 23.9 Å². The fourth-order valence-electron chi connectivity index (χ4n) is 5.10. The topological polar surface area (TPSA) is 79.6 Å². The molecule has 1 aromatic carbocycles. The maximum absolute atomic E-state index is 13.8. The number of piperidine rings is 1. The van der Waals surface area contributed by atoms with Gasteiger partial charge in [0, 0.05) is 23.7 Å². The molecule has 4 aromatic rings. The van der Waals surface area contributed by atoms with Crippen LogP contribution in [0.3, 0.4) is 0 Å². The molecule has 34 heavy (non-hydrogen) atoms. The number of hydrogen-bond donors (Lipinski definition) is 1. The van der Waals surface area contributed by atoms with E-state index in [4.69, 9.17) is 0 Å². The van der Waals surface area contributed by atoms with Crippen molar-refractivity contribution in [3.63, 3.8) is 0 Å². The summed E-state index contributed by atoms with van der Waals surface area (Å²) < 4.78 is 1.83. The summed E-state index contributed by atoms with van der Waals surface area (Å²) in [6.07, 6.45) is 5.50. The zero-order valence-corrected chi connectivity index (χ0v) is 20.9. The number of aryl methyl sites for hydroxylation is 3. The van der Waals surface area contributed by atoms with Crippen molar-refractivity contribution in [1.29, 1.82) is 0 Å². The maximum atomic E-state index is 13.8. The number of thiazole rings is 2. The van der Waals surface area contributed by atoms with Crippen molar-refractivity contribution >= 4 is 39.4 Å². The Morgan fingerprint density at radius 2 is 2.03 bits per heavy atom. The van der Waals surface area contributed by atoms with E-state index in [0.717, 1.165) is 43.7 Å². The molecule has 0 spiro atoms. The number of imidazole rings is 1. The van der Waals surface area contributed by atoms with Gasteiger partial charge in [-0.2, -0.15) is 0 Å². The smallest absolute Gasteiger partial charge is 0.274 e. The van der Waals surface area contributed by atoms with Gasteiger partial charge in [0.25, 0.3) is 11.8 Å². The Labute approximate surface area is 205 Å². The van der Waals surface area contributed by atoms with Crippen molar-refractivity contribution in [3.05, 3.63) is 63.5 Å². The molecular formula is C25H25N5O2S2. The van der Waals surface area contributed by atoms with Crippen LogP contribution in [0, 0.1) is 26.7 Å². The minimum absolute atomic E-state index is 0.0229. The number of carbonyl (C=O) groups excluding carboxylic acids is 2. The van der Waals surface area contributed by atoms with Gasteiger partial charge in [0.15, 0.2) is 4.96 Å². The van der Waals surface area contributed by atoms with Gasteiger partial charge in [-0.15, -0.1) is 22.7 Å². The van der Waals surface area contributed by atoms with Crippen molar-refractivity contribution in [2.24, 2.45) is 5.92 Å². The fourth-order valence-corrected chi connectivity index (χ4v) is 6.81. The predicted octanol–water partition coefficient (Wildman–Crippen LogP) is 4.48. The molecule has 1 aliphatic carbocycles. The highest BCUT2D eigenvalue weighted by atomic mass is 32.1. The highest BCUT2D eigenvalue weighted by Gasteiger charge is 2.54. The molecule has 0 bridgehead atoms. The number of nitrogens with one attached hydrogen (secondary N) is 1. The SMILES string of the molecule is Cc1cccc(-c2sc(C)nc2C(=O)N2[C@H](CNC(=O)c3cnc4sc(C)cn34)C[C@@H]3C[C@@H]32)c1. The van der Waals surface area contributed by atoms with E-state index in [1.165, 1.54) is 0 Å². The standard InChI is InChI=1S/C25H25N5O2S2/c1-13-5-4-6-16(7-13)22-21(28-15(3)34-22)24(32)30-18(8-17-9-19(17)30)10-26-23(31)20-11-27-25-29(20)12-14(2)33-25/h4-7,11-12,17-19H,8-10H2,1-3H3,(H,26,31)/t17-,18+,19+/m1/s1. The maximum Gasteiger partial charge on any atom is 0.274 e. The lowest BCUT2D eigenvalue weighted by Crippen LogP contribution is -2.45. The first-order chi connectivity index (χ1) is 16.4. The normalized spacial score (nSPS) is 21.1. The molecule has 0 unspecified atom stereocenters. The molecule has 1 saturated carbocycles. The molecule has 2 amide bonds. The third kappa shape index (κ3) is 3.63. The Bertz CT molecular complexity index is 1430. The number of rotatable bonds is 5. The van der Waals surface area contributed by atoms with Crippen LogP contribution in [0.4, 0.5) is 0 Å². The average molecular weight is 492 g/mol. The van der Waals surface area contributed by atoms with Gasteiger partial charge in [0.1, 0.15) is 11.4 Å². The first kappa shape index (κ1) is 21.5. The third-order valence-corrected chi connectivity index (χ3v) is 8.65. The van der Waals surface area contributed by atoms with Crippen LogP contribution in [0.15, 0.2) is 36.7 Å². The molecule has 4 heterocycles. The first-order valence-electron chi connectivity index (χ1n) is 11.5. The van der Waals surface area contributed by atoms with Crippen molar-refractivity contribution in [3.8, 4) is 10.4 Å². The highest BCUT2D eigenvalue weighted by molar-refractivity contribution is 7.17. The first-order valence-corrected chi connectivity index (χ1v) is 13.1. The van der Waals surface area contributed by atoms with Crippen LogP contribution in [0.25, 0.3) is 15.4 Å². The minimum Gasteiger partial charge on any atom is -0.349 e. The van der Waals surface area contributed by atoms with Crippen LogP contribution in [0.1, 0.15) is 49.3 Å². The van der Waals surface area contributed by atoms with E-state index < -0.39 is 0 Å². The summed E-state index contributed by atoms with van der Waals surface area (Å²) in [6.45, 7) is 6.43. The molecule has 9 heteroatoms. The van der Waals surface area contributed by atoms with Gasteiger partial charge < -0.3 is 10.2 Å². The van der Waals surface area contributed by atoms with Crippen LogP contribution in [-0.2, 0) is 0 Å². The van der Waals surface area contributed by atoms with E-state index in [9.17, 15) is 9.59 Å². The van der Waals surface area contributed by atoms with Gasteiger partial charge >= 0.3 is 0 Å². The monoisotopic (exact) mass is 491 g/mol. The summed E-state index contributed by atoms with van der Waals surface area (Å²) in [5, 5.41) is 3.94. The number of benzene rings is 1. The van der Waals surface area contributed by atoms with Gasteiger partial charge in [-0.25, -0.2) is 9.97 Å². The summed E-state index contributed by atoms with van der Waals surface area (Å²) in [5.74, 6) is 0.336. The Kier molecular flexibility index (Phi) is 5.07. The molecular weight excluding hydrogens is 466 g/mol. The van der Waals surface area contributed by atoms with Crippen LogP contribution >= 0.6 is 22.7 Å². The molecule has 3 aromatic heterocycles. The zero-order valence-electron chi connectivity index (χ0n) is 19.2. The van der Waals surface area contributed by atoms with E-state index >= 15 is 0 Å². The van der Waals surface area contributed by atoms with Crippen molar-refractivity contribution < 1.29 is 9.59 Å². The van der Waals surface area contributed by atoms with Crippen LogP contribution in [0.2, 0.25) is 0 Å². The number of amides is 2. The van der Waals surface area contributed by atoms with Crippen LogP contribution < -0.4 is 5.32 Å². The molecule has 2 aliphatic rings. The van der Waals surface area contributed by atoms with Gasteiger partial charge in [0.2, 0.25) is 0 Å².